The van der Waals surface area contributed by atoms with E-state index in [1.165, 1.54) is 11.8 Å². The molecule has 3 aromatic carbocycles. The van der Waals surface area contributed by atoms with Crippen LogP contribution in [-0.4, -0.2) is 10.9 Å². The van der Waals surface area contributed by atoms with Crippen molar-refractivity contribution in [3.8, 4) is 0 Å². The summed E-state index contributed by atoms with van der Waals surface area (Å²) < 4.78 is 5.82. The normalized spacial score (nSPS) is 12.1. The number of amides is 1. The molecule has 1 heterocycles. The number of carbonyl (C=O) groups excluding carboxylic acids is 1. The quantitative estimate of drug-likeness (QED) is 0.407. The van der Waals surface area contributed by atoms with Gasteiger partial charge in [0.25, 0.3) is 11.1 Å². The van der Waals surface area contributed by atoms with Gasteiger partial charge in [-0.15, -0.1) is 0 Å². The molecule has 0 unspecified atom stereocenters. The standard InChI is InChI=1S/C24H22N2O2S/c1-16-8-6-13-21-22(16)26-24(28-21)29-15-18-9-7-12-20(14-18)23(27)25-17(2)19-10-4-3-5-11-19/h3-14,17H,15H2,1-2H3,(H,25,27)/t17-/m0/s1. The Kier molecular flexibility index (Phi) is 5.67. The molecule has 5 heteroatoms. The molecule has 0 fully saturated rings. The summed E-state index contributed by atoms with van der Waals surface area (Å²) in [6, 6.07) is 23.5. The number of aryl methyl sites for hydroxylation is 1. The zero-order valence-electron chi connectivity index (χ0n) is 16.4. The second kappa shape index (κ2) is 8.53. The average Bonchev–Trinajstić information content (AvgIpc) is 3.18. The topological polar surface area (TPSA) is 55.1 Å². The number of nitrogens with one attached hydrogen (secondary N) is 1. The molecule has 1 N–H and O–H groups in total. The van der Waals surface area contributed by atoms with Gasteiger partial charge < -0.3 is 9.73 Å². The lowest BCUT2D eigenvalue weighted by Crippen LogP contribution is -2.26. The Morgan fingerprint density at radius 2 is 1.86 bits per heavy atom. The summed E-state index contributed by atoms with van der Waals surface area (Å²) in [5, 5.41) is 3.70. The summed E-state index contributed by atoms with van der Waals surface area (Å²) in [6.45, 7) is 4.01. The molecule has 0 radical (unpaired) electrons. The molecule has 0 spiro atoms. The number of rotatable bonds is 6. The molecule has 0 aliphatic rings. The van der Waals surface area contributed by atoms with Gasteiger partial charge in [-0.05, 0) is 48.7 Å². The maximum Gasteiger partial charge on any atom is 0.257 e. The summed E-state index contributed by atoms with van der Waals surface area (Å²) in [6.07, 6.45) is 0. The number of hydrogen-bond donors (Lipinski definition) is 1. The third-order valence-corrected chi connectivity index (χ3v) is 5.70. The molecule has 1 aromatic heterocycles. The molecule has 1 atom stereocenters. The minimum Gasteiger partial charge on any atom is -0.431 e. The third-order valence-electron chi connectivity index (χ3n) is 4.80. The highest BCUT2D eigenvalue weighted by Crippen LogP contribution is 2.28. The molecule has 0 bridgehead atoms. The van der Waals surface area contributed by atoms with Gasteiger partial charge in [0.2, 0.25) is 0 Å². The lowest BCUT2D eigenvalue weighted by Gasteiger charge is -2.14. The minimum absolute atomic E-state index is 0.0512. The Hall–Kier alpha value is -3.05. The second-order valence-corrected chi connectivity index (χ2v) is 7.92. The van der Waals surface area contributed by atoms with Crippen molar-refractivity contribution in [3.05, 3.63) is 95.1 Å². The summed E-state index contributed by atoms with van der Waals surface area (Å²) in [4.78, 5) is 17.2. The lowest BCUT2D eigenvalue weighted by molar-refractivity contribution is 0.0940. The molecule has 0 saturated carbocycles. The van der Waals surface area contributed by atoms with Crippen molar-refractivity contribution in [2.45, 2.75) is 30.9 Å². The molecule has 4 nitrogen and oxygen atoms in total. The fraction of sp³-hybridized carbons (Fsp3) is 0.167. The van der Waals surface area contributed by atoms with Crippen molar-refractivity contribution in [2.75, 3.05) is 0 Å². The Balaban J connectivity index is 1.42. The molecule has 0 saturated heterocycles. The number of para-hydroxylation sites is 1. The van der Waals surface area contributed by atoms with Gasteiger partial charge in [0, 0.05) is 11.3 Å². The van der Waals surface area contributed by atoms with Gasteiger partial charge in [-0.1, -0.05) is 66.4 Å². The van der Waals surface area contributed by atoms with Gasteiger partial charge >= 0.3 is 0 Å². The molecule has 146 valence electrons. The molecule has 0 aliphatic heterocycles. The summed E-state index contributed by atoms with van der Waals surface area (Å²) in [7, 11) is 0. The first-order valence-corrected chi connectivity index (χ1v) is 10.5. The molecular formula is C24H22N2O2S. The predicted octanol–water partition coefficient (Wildman–Crippen LogP) is 5.92. The van der Waals surface area contributed by atoms with E-state index < -0.39 is 0 Å². The fourth-order valence-corrected chi connectivity index (χ4v) is 3.95. The number of nitrogens with zero attached hydrogens (tertiary/aromatic N) is 1. The van der Waals surface area contributed by atoms with Crippen molar-refractivity contribution in [3.63, 3.8) is 0 Å². The van der Waals surface area contributed by atoms with E-state index in [0.29, 0.717) is 16.5 Å². The molecule has 4 aromatic rings. The van der Waals surface area contributed by atoms with Gasteiger partial charge in [-0.25, -0.2) is 4.98 Å². The first kappa shape index (κ1) is 19.3. The van der Waals surface area contributed by atoms with Gasteiger partial charge in [0.05, 0.1) is 6.04 Å². The van der Waals surface area contributed by atoms with Gasteiger partial charge in [0.15, 0.2) is 5.58 Å². The van der Waals surface area contributed by atoms with Crippen molar-refractivity contribution in [1.82, 2.24) is 10.3 Å². The van der Waals surface area contributed by atoms with E-state index in [-0.39, 0.29) is 11.9 Å². The number of benzene rings is 3. The Morgan fingerprint density at radius 3 is 2.66 bits per heavy atom. The Bertz CT molecular complexity index is 1140. The van der Waals surface area contributed by atoms with Crippen LogP contribution in [0.5, 0.6) is 0 Å². The van der Waals surface area contributed by atoms with E-state index >= 15 is 0 Å². The van der Waals surface area contributed by atoms with Crippen LogP contribution in [0.15, 0.2) is 82.4 Å². The van der Waals surface area contributed by atoms with Crippen LogP contribution in [0.25, 0.3) is 11.1 Å². The van der Waals surface area contributed by atoms with Crippen LogP contribution in [-0.2, 0) is 5.75 Å². The number of carbonyl (C=O) groups is 1. The highest BCUT2D eigenvalue weighted by Gasteiger charge is 2.13. The average molecular weight is 403 g/mol. The minimum atomic E-state index is -0.0781. The summed E-state index contributed by atoms with van der Waals surface area (Å²) in [5.41, 5.74) is 5.59. The van der Waals surface area contributed by atoms with Gasteiger partial charge in [-0.3, -0.25) is 4.79 Å². The SMILES string of the molecule is Cc1cccc2oc(SCc3cccc(C(=O)N[C@@H](C)c4ccccc4)c3)nc12. The number of oxazole rings is 1. The number of hydrogen-bond acceptors (Lipinski definition) is 4. The van der Waals surface area contributed by atoms with Crippen molar-refractivity contribution >= 4 is 28.8 Å². The van der Waals surface area contributed by atoms with Crippen LogP contribution in [0.2, 0.25) is 0 Å². The van der Waals surface area contributed by atoms with Crippen LogP contribution in [0.1, 0.15) is 40.0 Å². The molecule has 29 heavy (non-hydrogen) atoms. The number of aromatic nitrogens is 1. The monoisotopic (exact) mass is 402 g/mol. The van der Waals surface area contributed by atoms with E-state index in [1.807, 2.05) is 86.6 Å². The largest absolute Gasteiger partial charge is 0.431 e. The van der Waals surface area contributed by atoms with Crippen molar-refractivity contribution in [1.29, 1.82) is 0 Å². The zero-order chi connectivity index (χ0) is 20.2. The lowest BCUT2D eigenvalue weighted by atomic mass is 10.1. The van der Waals surface area contributed by atoms with E-state index in [0.717, 1.165) is 27.8 Å². The summed E-state index contributed by atoms with van der Waals surface area (Å²) >= 11 is 1.53. The van der Waals surface area contributed by atoms with Crippen molar-refractivity contribution < 1.29 is 9.21 Å². The van der Waals surface area contributed by atoms with Crippen LogP contribution < -0.4 is 5.32 Å². The Labute approximate surface area is 174 Å². The fourth-order valence-electron chi connectivity index (χ4n) is 3.18. The van der Waals surface area contributed by atoms with Crippen molar-refractivity contribution in [2.24, 2.45) is 0 Å². The maximum absolute atomic E-state index is 12.7. The highest BCUT2D eigenvalue weighted by molar-refractivity contribution is 7.98. The molecule has 0 aliphatic carbocycles. The first-order chi connectivity index (χ1) is 14.1. The maximum atomic E-state index is 12.7. The van der Waals surface area contributed by atoms with E-state index in [4.69, 9.17) is 4.42 Å². The van der Waals surface area contributed by atoms with Crippen LogP contribution in [0.4, 0.5) is 0 Å². The number of thioether (sulfide) groups is 1. The van der Waals surface area contributed by atoms with Gasteiger partial charge in [-0.2, -0.15) is 0 Å². The second-order valence-electron chi connectivity index (χ2n) is 7.00. The Morgan fingerprint density at radius 1 is 1.07 bits per heavy atom. The number of fused-ring (bicyclic) bond motifs is 1. The predicted molar refractivity (Wildman–Crippen MR) is 117 cm³/mol. The van der Waals surface area contributed by atoms with Crippen LogP contribution in [0, 0.1) is 6.92 Å². The van der Waals surface area contributed by atoms with Gasteiger partial charge in [0.1, 0.15) is 5.52 Å². The summed E-state index contributed by atoms with van der Waals surface area (Å²) in [5.74, 6) is 0.604. The smallest absolute Gasteiger partial charge is 0.257 e. The zero-order valence-corrected chi connectivity index (χ0v) is 17.2. The molecule has 4 rings (SSSR count). The van der Waals surface area contributed by atoms with Crippen LogP contribution in [0.3, 0.4) is 0 Å². The third kappa shape index (κ3) is 4.51. The van der Waals surface area contributed by atoms with E-state index in [2.05, 4.69) is 10.3 Å². The first-order valence-electron chi connectivity index (χ1n) is 9.54. The van der Waals surface area contributed by atoms with E-state index in [9.17, 15) is 4.79 Å². The van der Waals surface area contributed by atoms with Crippen LogP contribution >= 0.6 is 11.8 Å². The highest BCUT2D eigenvalue weighted by atomic mass is 32.2. The molecule has 1 amide bonds. The van der Waals surface area contributed by atoms with E-state index in [1.54, 1.807) is 0 Å². The molecular weight excluding hydrogens is 380 g/mol.